The van der Waals surface area contributed by atoms with Crippen LogP contribution in [0.1, 0.15) is 72.1 Å². The quantitative estimate of drug-likeness (QED) is 0.477. The number of likely N-dealkylation sites (tertiary alicyclic amines) is 1. The summed E-state index contributed by atoms with van der Waals surface area (Å²) in [5.74, 6) is 1.33. The van der Waals surface area contributed by atoms with Crippen LogP contribution < -0.4 is 10.6 Å². The molecule has 0 aromatic heterocycles. The van der Waals surface area contributed by atoms with E-state index in [9.17, 15) is 9.90 Å². The third-order valence-electron chi connectivity index (χ3n) is 5.99. The topological polar surface area (TPSA) is 77.0 Å². The number of amides is 1. The summed E-state index contributed by atoms with van der Waals surface area (Å²) in [6, 6.07) is 0.233. The van der Waals surface area contributed by atoms with Crippen LogP contribution in [0.2, 0.25) is 0 Å². The Morgan fingerprint density at radius 3 is 2.46 bits per heavy atom. The third-order valence-corrected chi connectivity index (χ3v) is 5.99. The molecule has 2 fully saturated rings. The SMILES string of the molecule is CCNC(=NCC(O)(CC)CC)NC1CCN(C(=O)C2CCCCC2)C1. The molecule has 0 radical (unpaired) electrons. The standard InChI is InChI=1S/C20H38N4O2/c1-4-20(26,5-2)15-22-19(21-6-3)23-17-12-13-24(14-17)18(25)16-10-8-7-9-11-16/h16-17,26H,4-15H2,1-3H3,(H2,21,22,23). The minimum atomic E-state index is -0.735. The molecule has 0 spiro atoms. The first-order valence-corrected chi connectivity index (χ1v) is 10.6. The number of guanidine groups is 1. The largest absolute Gasteiger partial charge is 0.388 e. The summed E-state index contributed by atoms with van der Waals surface area (Å²) in [5, 5.41) is 17.2. The number of aliphatic imine (C=N–C) groups is 1. The normalized spacial score (nSPS) is 22.5. The number of aliphatic hydroxyl groups is 1. The molecule has 1 heterocycles. The van der Waals surface area contributed by atoms with Crippen LogP contribution in [-0.2, 0) is 4.79 Å². The maximum atomic E-state index is 12.7. The second-order valence-corrected chi connectivity index (χ2v) is 7.88. The number of nitrogens with one attached hydrogen (secondary N) is 2. The minimum absolute atomic E-state index is 0.233. The molecular formula is C20H38N4O2. The molecule has 2 aliphatic rings. The fraction of sp³-hybridized carbons (Fsp3) is 0.900. The summed E-state index contributed by atoms with van der Waals surface area (Å²) in [4.78, 5) is 19.3. The highest BCUT2D eigenvalue weighted by atomic mass is 16.3. The fourth-order valence-electron chi connectivity index (χ4n) is 3.90. The maximum absolute atomic E-state index is 12.7. The summed E-state index contributed by atoms with van der Waals surface area (Å²) < 4.78 is 0. The molecule has 1 amide bonds. The summed E-state index contributed by atoms with van der Waals surface area (Å²) >= 11 is 0. The van der Waals surface area contributed by atoms with Crippen molar-refractivity contribution in [1.82, 2.24) is 15.5 Å². The van der Waals surface area contributed by atoms with Crippen LogP contribution in [0.4, 0.5) is 0 Å². The van der Waals surface area contributed by atoms with Gasteiger partial charge in [-0.25, -0.2) is 0 Å². The Morgan fingerprint density at radius 1 is 1.15 bits per heavy atom. The third kappa shape index (κ3) is 5.86. The van der Waals surface area contributed by atoms with Crippen LogP contribution in [0.3, 0.4) is 0 Å². The van der Waals surface area contributed by atoms with Gasteiger partial charge in [-0.3, -0.25) is 9.79 Å². The Hall–Kier alpha value is -1.30. The zero-order valence-electron chi connectivity index (χ0n) is 16.9. The average Bonchev–Trinajstić information content (AvgIpc) is 3.14. The minimum Gasteiger partial charge on any atom is -0.388 e. The molecule has 6 heteroatoms. The van der Waals surface area contributed by atoms with Gasteiger partial charge in [-0.1, -0.05) is 33.1 Å². The van der Waals surface area contributed by atoms with E-state index in [1.165, 1.54) is 19.3 Å². The van der Waals surface area contributed by atoms with Crippen molar-refractivity contribution >= 4 is 11.9 Å². The Morgan fingerprint density at radius 2 is 1.85 bits per heavy atom. The van der Waals surface area contributed by atoms with E-state index in [-0.39, 0.29) is 12.0 Å². The van der Waals surface area contributed by atoms with Crippen LogP contribution in [0.15, 0.2) is 4.99 Å². The van der Waals surface area contributed by atoms with Crippen molar-refractivity contribution in [3.8, 4) is 0 Å². The van der Waals surface area contributed by atoms with Crippen molar-refractivity contribution in [2.45, 2.75) is 83.8 Å². The molecular weight excluding hydrogens is 328 g/mol. The number of hydrogen-bond donors (Lipinski definition) is 3. The lowest BCUT2D eigenvalue weighted by atomic mass is 9.88. The van der Waals surface area contributed by atoms with Crippen molar-refractivity contribution in [3.63, 3.8) is 0 Å². The van der Waals surface area contributed by atoms with Gasteiger partial charge in [-0.2, -0.15) is 0 Å². The average molecular weight is 367 g/mol. The highest BCUT2D eigenvalue weighted by Crippen LogP contribution is 2.26. The molecule has 1 saturated carbocycles. The smallest absolute Gasteiger partial charge is 0.225 e. The van der Waals surface area contributed by atoms with Gasteiger partial charge in [-0.05, 0) is 39.0 Å². The van der Waals surface area contributed by atoms with Crippen LogP contribution in [0.5, 0.6) is 0 Å². The fourth-order valence-corrected chi connectivity index (χ4v) is 3.90. The van der Waals surface area contributed by atoms with E-state index in [4.69, 9.17) is 0 Å². The lowest BCUT2D eigenvalue weighted by Crippen LogP contribution is -2.46. The van der Waals surface area contributed by atoms with Crippen molar-refractivity contribution in [2.75, 3.05) is 26.2 Å². The molecule has 1 aliphatic carbocycles. The predicted molar refractivity (Wildman–Crippen MR) is 106 cm³/mol. The van der Waals surface area contributed by atoms with Crippen molar-refractivity contribution in [3.05, 3.63) is 0 Å². The Labute approximate surface area is 158 Å². The molecule has 0 bridgehead atoms. The van der Waals surface area contributed by atoms with Crippen LogP contribution in [0.25, 0.3) is 0 Å². The Bertz CT molecular complexity index is 470. The number of hydrogen-bond acceptors (Lipinski definition) is 3. The summed E-state index contributed by atoms with van der Waals surface area (Å²) in [6.07, 6.45) is 8.13. The molecule has 2 rings (SSSR count). The van der Waals surface area contributed by atoms with Gasteiger partial charge in [0.2, 0.25) is 5.91 Å². The van der Waals surface area contributed by atoms with Crippen LogP contribution >= 0.6 is 0 Å². The lowest BCUT2D eigenvalue weighted by molar-refractivity contribution is -0.135. The molecule has 1 unspecified atom stereocenters. The first-order valence-electron chi connectivity index (χ1n) is 10.6. The molecule has 26 heavy (non-hydrogen) atoms. The first-order chi connectivity index (χ1) is 12.5. The number of carbonyl (C=O) groups is 1. The van der Waals surface area contributed by atoms with Gasteiger partial charge >= 0.3 is 0 Å². The van der Waals surface area contributed by atoms with E-state index in [1.54, 1.807) is 0 Å². The van der Waals surface area contributed by atoms with Crippen molar-refractivity contribution < 1.29 is 9.90 Å². The van der Waals surface area contributed by atoms with Gasteiger partial charge in [-0.15, -0.1) is 0 Å². The van der Waals surface area contributed by atoms with E-state index < -0.39 is 5.60 Å². The van der Waals surface area contributed by atoms with Gasteiger partial charge in [0.1, 0.15) is 0 Å². The lowest BCUT2D eigenvalue weighted by Gasteiger charge is -2.26. The zero-order valence-corrected chi connectivity index (χ0v) is 16.9. The van der Waals surface area contributed by atoms with Gasteiger partial charge in [0.15, 0.2) is 5.96 Å². The molecule has 3 N–H and O–H groups in total. The van der Waals surface area contributed by atoms with Crippen LogP contribution in [0, 0.1) is 5.92 Å². The van der Waals surface area contributed by atoms with Gasteiger partial charge in [0, 0.05) is 31.6 Å². The molecule has 1 atom stereocenters. The first kappa shape index (κ1) is 21.0. The van der Waals surface area contributed by atoms with Gasteiger partial charge < -0.3 is 20.6 Å². The van der Waals surface area contributed by atoms with E-state index in [1.807, 2.05) is 25.7 Å². The number of nitrogens with zero attached hydrogens (tertiary/aromatic N) is 2. The van der Waals surface area contributed by atoms with Gasteiger partial charge in [0.25, 0.3) is 0 Å². The summed E-state index contributed by atoms with van der Waals surface area (Å²) in [6.45, 7) is 8.78. The Balaban J connectivity index is 1.88. The molecule has 0 aromatic carbocycles. The van der Waals surface area contributed by atoms with E-state index in [2.05, 4.69) is 15.6 Å². The maximum Gasteiger partial charge on any atom is 0.225 e. The Kier molecular flexibility index (Phi) is 8.19. The molecule has 150 valence electrons. The second-order valence-electron chi connectivity index (χ2n) is 7.88. The zero-order chi connectivity index (χ0) is 19.0. The predicted octanol–water partition coefficient (Wildman–Crippen LogP) is 2.27. The number of carbonyl (C=O) groups excluding carboxylic acids is 1. The summed E-state index contributed by atoms with van der Waals surface area (Å²) in [7, 11) is 0. The van der Waals surface area contributed by atoms with Crippen molar-refractivity contribution in [2.24, 2.45) is 10.9 Å². The van der Waals surface area contributed by atoms with E-state index >= 15 is 0 Å². The highest BCUT2D eigenvalue weighted by Gasteiger charge is 2.32. The van der Waals surface area contributed by atoms with Crippen molar-refractivity contribution in [1.29, 1.82) is 0 Å². The van der Waals surface area contributed by atoms with E-state index in [0.717, 1.165) is 44.9 Å². The summed E-state index contributed by atoms with van der Waals surface area (Å²) in [5.41, 5.74) is -0.735. The van der Waals surface area contributed by atoms with E-state index in [0.29, 0.717) is 25.3 Å². The molecule has 1 aliphatic heterocycles. The highest BCUT2D eigenvalue weighted by molar-refractivity contribution is 5.81. The molecule has 0 aromatic rings. The second kappa shape index (κ2) is 10.1. The number of rotatable bonds is 7. The molecule has 6 nitrogen and oxygen atoms in total. The monoisotopic (exact) mass is 366 g/mol. The van der Waals surface area contributed by atoms with Gasteiger partial charge in [0.05, 0.1) is 12.1 Å². The van der Waals surface area contributed by atoms with Crippen LogP contribution in [-0.4, -0.2) is 59.7 Å². The molecule has 1 saturated heterocycles.